The molecule has 0 aliphatic rings. The van der Waals surface area contributed by atoms with Crippen LogP contribution in [0.4, 0.5) is 10.1 Å². The summed E-state index contributed by atoms with van der Waals surface area (Å²) in [5.74, 6) is -1.04. The van der Waals surface area contributed by atoms with Gasteiger partial charge in [0.1, 0.15) is 5.82 Å². The Labute approximate surface area is 181 Å². The standard InChI is InChI=1S/C24H23FN2O3S/c1-19-12-13-22(25)16-23(19)26-24(28)18-27(17-21-10-6-3-7-11-21)31(29,30)15-14-20-8-4-2-5-9-20/h2-16H,17-18H2,1H3,(H,26,28)/b15-14+. The molecular weight excluding hydrogens is 415 g/mol. The molecule has 0 radical (unpaired) electrons. The SMILES string of the molecule is Cc1ccc(F)cc1NC(=O)CN(Cc1ccccc1)S(=O)(=O)/C=C/c1ccccc1. The van der Waals surface area contributed by atoms with Crippen LogP contribution in [0.25, 0.3) is 6.08 Å². The predicted octanol–water partition coefficient (Wildman–Crippen LogP) is 4.58. The Bertz CT molecular complexity index is 1160. The van der Waals surface area contributed by atoms with E-state index in [9.17, 15) is 17.6 Å². The van der Waals surface area contributed by atoms with Crippen molar-refractivity contribution in [1.82, 2.24) is 4.31 Å². The lowest BCUT2D eigenvalue weighted by Gasteiger charge is -2.20. The molecule has 7 heteroatoms. The van der Waals surface area contributed by atoms with Gasteiger partial charge >= 0.3 is 0 Å². The topological polar surface area (TPSA) is 66.5 Å². The van der Waals surface area contributed by atoms with Gasteiger partial charge in [0.25, 0.3) is 0 Å². The fourth-order valence-corrected chi connectivity index (χ4v) is 4.04. The van der Waals surface area contributed by atoms with Crippen molar-refractivity contribution < 1.29 is 17.6 Å². The van der Waals surface area contributed by atoms with Crippen molar-refractivity contribution in [2.24, 2.45) is 0 Å². The van der Waals surface area contributed by atoms with Crippen LogP contribution in [0.15, 0.2) is 84.3 Å². The van der Waals surface area contributed by atoms with Gasteiger partial charge < -0.3 is 5.32 Å². The highest BCUT2D eigenvalue weighted by atomic mass is 32.2. The molecule has 1 N–H and O–H groups in total. The quantitative estimate of drug-likeness (QED) is 0.560. The molecule has 3 aromatic rings. The molecule has 0 spiro atoms. The zero-order chi connectivity index (χ0) is 22.3. The van der Waals surface area contributed by atoms with Crippen molar-refractivity contribution in [3.8, 4) is 0 Å². The molecule has 3 rings (SSSR count). The Balaban J connectivity index is 1.82. The van der Waals surface area contributed by atoms with Gasteiger partial charge in [0.2, 0.25) is 15.9 Å². The Kier molecular flexibility index (Phi) is 7.33. The van der Waals surface area contributed by atoms with Crippen LogP contribution in [-0.4, -0.2) is 25.2 Å². The second-order valence-corrected chi connectivity index (χ2v) is 8.84. The molecule has 0 saturated carbocycles. The van der Waals surface area contributed by atoms with Crippen LogP contribution < -0.4 is 5.32 Å². The summed E-state index contributed by atoms with van der Waals surface area (Å²) >= 11 is 0. The van der Waals surface area contributed by atoms with E-state index >= 15 is 0 Å². The average Bonchev–Trinajstić information content (AvgIpc) is 2.76. The molecule has 0 saturated heterocycles. The number of amides is 1. The molecule has 1 amide bonds. The van der Waals surface area contributed by atoms with E-state index in [2.05, 4.69) is 5.32 Å². The van der Waals surface area contributed by atoms with Crippen LogP contribution in [0, 0.1) is 12.7 Å². The second-order valence-electron chi connectivity index (χ2n) is 7.02. The van der Waals surface area contributed by atoms with Crippen LogP contribution in [0.5, 0.6) is 0 Å². The fourth-order valence-electron chi connectivity index (χ4n) is 2.92. The van der Waals surface area contributed by atoms with Crippen molar-refractivity contribution in [2.45, 2.75) is 13.5 Å². The summed E-state index contributed by atoms with van der Waals surface area (Å²) in [4.78, 5) is 12.6. The van der Waals surface area contributed by atoms with E-state index in [0.717, 1.165) is 20.8 Å². The molecule has 0 atom stereocenters. The lowest BCUT2D eigenvalue weighted by atomic mass is 10.2. The van der Waals surface area contributed by atoms with Gasteiger partial charge in [-0.15, -0.1) is 0 Å². The van der Waals surface area contributed by atoms with E-state index in [1.165, 1.54) is 18.2 Å². The largest absolute Gasteiger partial charge is 0.325 e. The second kappa shape index (κ2) is 10.1. The molecule has 0 aliphatic carbocycles. The van der Waals surface area contributed by atoms with Crippen LogP contribution in [0.2, 0.25) is 0 Å². The van der Waals surface area contributed by atoms with E-state index in [1.54, 1.807) is 49.4 Å². The molecule has 160 valence electrons. The predicted molar refractivity (Wildman–Crippen MR) is 121 cm³/mol. The smallest absolute Gasteiger partial charge is 0.239 e. The number of sulfonamides is 1. The summed E-state index contributed by atoms with van der Waals surface area (Å²) in [6, 6.07) is 22.1. The van der Waals surface area contributed by atoms with Gasteiger partial charge in [0.05, 0.1) is 6.54 Å². The third-order valence-corrected chi connectivity index (χ3v) is 6.05. The Morgan fingerprint density at radius 1 is 1.00 bits per heavy atom. The third-order valence-electron chi connectivity index (χ3n) is 4.59. The highest BCUT2D eigenvalue weighted by molar-refractivity contribution is 7.92. The zero-order valence-corrected chi connectivity index (χ0v) is 17.8. The van der Waals surface area contributed by atoms with Gasteiger partial charge in [0, 0.05) is 17.6 Å². The zero-order valence-electron chi connectivity index (χ0n) is 17.0. The lowest BCUT2D eigenvalue weighted by molar-refractivity contribution is -0.116. The normalized spacial score (nSPS) is 11.7. The highest BCUT2D eigenvalue weighted by Crippen LogP contribution is 2.17. The monoisotopic (exact) mass is 438 g/mol. The maximum atomic E-state index is 13.5. The molecule has 0 heterocycles. The van der Waals surface area contributed by atoms with E-state index in [1.807, 2.05) is 24.3 Å². The van der Waals surface area contributed by atoms with Gasteiger partial charge in [-0.1, -0.05) is 66.7 Å². The molecule has 3 aromatic carbocycles. The molecule has 0 fully saturated rings. The molecule has 0 bridgehead atoms. The molecule has 0 aromatic heterocycles. The first-order chi connectivity index (χ1) is 14.8. The van der Waals surface area contributed by atoms with Gasteiger partial charge in [-0.05, 0) is 41.8 Å². The molecule has 0 aliphatic heterocycles. The lowest BCUT2D eigenvalue weighted by Crippen LogP contribution is -2.36. The number of carbonyl (C=O) groups is 1. The summed E-state index contributed by atoms with van der Waals surface area (Å²) in [6.07, 6.45) is 1.49. The Morgan fingerprint density at radius 2 is 1.65 bits per heavy atom. The van der Waals surface area contributed by atoms with Crippen molar-refractivity contribution in [1.29, 1.82) is 0 Å². The maximum Gasteiger partial charge on any atom is 0.239 e. The van der Waals surface area contributed by atoms with Crippen LogP contribution >= 0.6 is 0 Å². The summed E-state index contributed by atoms with van der Waals surface area (Å²) in [5.41, 5.74) is 2.46. The van der Waals surface area contributed by atoms with Gasteiger partial charge in [0.15, 0.2) is 0 Å². The average molecular weight is 439 g/mol. The van der Waals surface area contributed by atoms with E-state index in [0.29, 0.717) is 11.3 Å². The number of aryl methyl sites for hydroxylation is 1. The molecule has 0 unspecified atom stereocenters. The number of nitrogens with one attached hydrogen (secondary N) is 1. The number of nitrogens with zero attached hydrogens (tertiary/aromatic N) is 1. The Morgan fingerprint density at radius 3 is 2.32 bits per heavy atom. The van der Waals surface area contributed by atoms with Crippen LogP contribution in [-0.2, 0) is 21.4 Å². The highest BCUT2D eigenvalue weighted by Gasteiger charge is 2.23. The number of carbonyl (C=O) groups excluding carboxylic acids is 1. The molecular formula is C24H23FN2O3S. The summed E-state index contributed by atoms with van der Waals surface area (Å²) in [7, 11) is -3.91. The molecule has 5 nitrogen and oxygen atoms in total. The van der Waals surface area contributed by atoms with Gasteiger partial charge in [-0.3, -0.25) is 4.79 Å². The van der Waals surface area contributed by atoms with Crippen LogP contribution in [0.1, 0.15) is 16.7 Å². The minimum absolute atomic E-state index is 0.0257. The van der Waals surface area contributed by atoms with Gasteiger partial charge in [-0.25, -0.2) is 12.8 Å². The third kappa shape index (κ3) is 6.60. The number of benzene rings is 3. The van der Waals surface area contributed by atoms with E-state index in [-0.39, 0.29) is 6.54 Å². The minimum atomic E-state index is -3.91. The first-order valence-electron chi connectivity index (χ1n) is 9.67. The van der Waals surface area contributed by atoms with Crippen molar-refractivity contribution in [3.05, 3.63) is 107 Å². The Hall–Kier alpha value is -3.29. The number of halogens is 1. The number of rotatable bonds is 8. The van der Waals surface area contributed by atoms with Crippen molar-refractivity contribution in [2.75, 3.05) is 11.9 Å². The summed E-state index contributed by atoms with van der Waals surface area (Å²) in [6.45, 7) is 1.35. The maximum absolute atomic E-state index is 13.5. The molecule has 31 heavy (non-hydrogen) atoms. The van der Waals surface area contributed by atoms with Crippen molar-refractivity contribution in [3.63, 3.8) is 0 Å². The van der Waals surface area contributed by atoms with E-state index in [4.69, 9.17) is 0 Å². The fraction of sp³-hybridized carbons (Fsp3) is 0.125. The van der Waals surface area contributed by atoms with Crippen LogP contribution in [0.3, 0.4) is 0 Å². The minimum Gasteiger partial charge on any atom is -0.325 e. The first-order valence-corrected chi connectivity index (χ1v) is 11.2. The van der Waals surface area contributed by atoms with Gasteiger partial charge in [-0.2, -0.15) is 4.31 Å². The number of hydrogen-bond acceptors (Lipinski definition) is 3. The summed E-state index contributed by atoms with van der Waals surface area (Å²) < 4.78 is 40.7. The first kappa shape index (κ1) is 22.4. The number of hydrogen-bond donors (Lipinski definition) is 1. The van der Waals surface area contributed by atoms with Crippen molar-refractivity contribution >= 4 is 27.7 Å². The summed E-state index contributed by atoms with van der Waals surface area (Å²) in [5, 5.41) is 3.69. The van der Waals surface area contributed by atoms with E-state index < -0.39 is 28.3 Å². The number of anilines is 1.